The molecular weight excluding hydrogens is 464 g/mol. The van der Waals surface area contributed by atoms with Gasteiger partial charge in [-0.2, -0.15) is 4.31 Å². The first-order valence-corrected chi connectivity index (χ1v) is 13.2. The number of aliphatic hydroxyl groups excluding tert-OH is 1. The quantitative estimate of drug-likeness (QED) is 0.581. The fourth-order valence-electron chi connectivity index (χ4n) is 4.00. The minimum absolute atomic E-state index is 0.0998. The lowest BCUT2D eigenvalue weighted by Crippen LogP contribution is -2.49. The van der Waals surface area contributed by atoms with Gasteiger partial charge in [-0.1, -0.05) is 24.8 Å². The fourth-order valence-corrected chi connectivity index (χ4v) is 5.82. The second-order valence-corrected chi connectivity index (χ2v) is 11.4. The van der Waals surface area contributed by atoms with Gasteiger partial charge in [-0.25, -0.2) is 8.42 Å². The summed E-state index contributed by atoms with van der Waals surface area (Å²) in [5, 5.41) is 9.80. The Hall–Kier alpha value is -2.48. The Morgan fingerprint density at radius 1 is 1.29 bits per heavy atom. The van der Waals surface area contributed by atoms with Gasteiger partial charge >= 0.3 is 0 Å². The van der Waals surface area contributed by atoms with Crippen LogP contribution in [0.25, 0.3) is 0 Å². The summed E-state index contributed by atoms with van der Waals surface area (Å²) in [4.78, 5) is 8.40. The lowest BCUT2D eigenvalue weighted by atomic mass is 10.0. The average molecular weight is 501 g/mol. The molecule has 2 aromatic rings. The maximum Gasteiger partial charge on any atom is 0.247 e. The van der Waals surface area contributed by atoms with Crippen molar-refractivity contribution in [3.8, 4) is 17.6 Å². The van der Waals surface area contributed by atoms with E-state index in [2.05, 4.69) is 21.7 Å². The van der Waals surface area contributed by atoms with E-state index in [1.54, 1.807) is 31.3 Å². The van der Waals surface area contributed by atoms with Crippen LogP contribution in [0.5, 0.6) is 5.75 Å². The van der Waals surface area contributed by atoms with Crippen molar-refractivity contribution in [1.82, 2.24) is 19.1 Å². The second-order valence-electron chi connectivity index (χ2n) is 9.50. The highest BCUT2D eigenvalue weighted by molar-refractivity contribution is 7.89. The molecule has 0 aliphatic carbocycles. The van der Waals surface area contributed by atoms with Crippen LogP contribution in [0.3, 0.4) is 0 Å². The predicted molar refractivity (Wildman–Crippen MR) is 136 cm³/mol. The molecule has 0 radical (unpaired) electrons. The molecule has 190 valence electrons. The smallest absolute Gasteiger partial charge is 0.247 e. The molecule has 1 N–H and O–H groups in total. The van der Waals surface area contributed by atoms with Gasteiger partial charge in [0.1, 0.15) is 16.7 Å². The van der Waals surface area contributed by atoms with Crippen molar-refractivity contribution >= 4 is 10.0 Å². The van der Waals surface area contributed by atoms with Crippen molar-refractivity contribution in [2.45, 2.75) is 37.4 Å². The summed E-state index contributed by atoms with van der Waals surface area (Å²) in [5.74, 6) is 6.36. The van der Waals surface area contributed by atoms with Crippen LogP contribution in [-0.4, -0.2) is 92.1 Å². The topological polar surface area (TPSA) is 86.2 Å². The Balaban J connectivity index is 1.97. The molecule has 3 atom stereocenters. The molecule has 1 aromatic heterocycles. The molecule has 1 aromatic carbocycles. The van der Waals surface area contributed by atoms with E-state index >= 15 is 0 Å². The lowest BCUT2D eigenvalue weighted by molar-refractivity contribution is 0.0733. The first-order chi connectivity index (χ1) is 16.6. The zero-order valence-electron chi connectivity index (χ0n) is 21.2. The number of aromatic nitrogens is 1. The Morgan fingerprint density at radius 3 is 2.71 bits per heavy atom. The number of fused-ring (bicyclic) bond motifs is 1. The van der Waals surface area contributed by atoms with Crippen LogP contribution >= 0.6 is 0 Å². The van der Waals surface area contributed by atoms with Gasteiger partial charge in [0.05, 0.1) is 13.2 Å². The van der Waals surface area contributed by atoms with Gasteiger partial charge in [0, 0.05) is 49.6 Å². The predicted octanol–water partition coefficient (Wildman–Crippen LogP) is 1.90. The molecule has 0 bridgehead atoms. The van der Waals surface area contributed by atoms with Crippen LogP contribution in [0.4, 0.5) is 0 Å². The van der Waals surface area contributed by atoms with Crippen LogP contribution in [0.15, 0.2) is 47.6 Å². The lowest BCUT2D eigenvalue weighted by Gasteiger charge is -2.37. The van der Waals surface area contributed by atoms with Crippen LogP contribution in [-0.2, 0) is 16.6 Å². The molecule has 0 amide bonds. The van der Waals surface area contributed by atoms with Crippen molar-refractivity contribution in [2.75, 3.05) is 47.4 Å². The molecule has 8 nitrogen and oxygen atoms in total. The summed E-state index contributed by atoms with van der Waals surface area (Å²) in [6.45, 7) is 5.57. The monoisotopic (exact) mass is 500 g/mol. The second kappa shape index (κ2) is 12.0. The largest absolute Gasteiger partial charge is 0.487 e. The van der Waals surface area contributed by atoms with Crippen molar-refractivity contribution in [3.63, 3.8) is 0 Å². The summed E-state index contributed by atoms with van der Waals surface area (Å²) in [6, 6.07) is 8.36. The van der Waals surface area contributed by atoms with Gasteiger partial charge < -0.3 is 9.84 Å². The highest BCUT2D eigenvalue weighted by Gasteiger charge is 2.38. The Bertz CT molecular complexity index is 1140. The number of rotatable bonds is 7. The highest BCUT2D eigenvalue weighted by Crippen LogP contribution is 2.34. The molecule has 0 saturated heterocycles. The van der Waals surface area contributed by atoms with E-state index in [1.165, 1.54) is 4.31 Å². The van der Waals surface area contributed by atoms with E-state index in [4.69, 9.17) is 4.74 Å². The first kappa shape index (κ1) is 27.1. The molecule has 1 aliphatic rings. The van der Waals surface area contributed by atoms with Crippen LogP contribution in [0.2, 0.25) is 0 Å². The number of ether oxygens (including phenoxy) is 1. The van der Waals surface area contributed by atoms with Crippen molar-refractivity contribution in [3.05, 3.63) is 53.9 Å². The number of pyridine rings is 1. The number of likely N-dealkylation sites (N-methyl/N-ethyl adjacent to an activating group) is 1. The minimum atomic E-state index is -3.87. The van der Waals surface area contributed by atoms with Gasteiger partial charge in [0.2, 0.25) is 10.0 Å². The number of hydrogen-bond donors (Lipinski definition) is 1. The van der Waals surface area contributed by atoms with Crippen molar-refractivity contribution in [2.24, 2.45) is 5.92 Å². The molecular formula is C26H36N4O4S. The van der Waals surface area contributed by atoms with Gasteiger partial charge in [-0.05, 0) is 57.9 Å². The maximum absolute atomic E-state index is 13.6. The normalized spacial score (nSPS) is 20.8. The van der Waals surface area contributed by atoms with E-state index in [0.717, 1.165) is 5.56 Å². The molecule has 35 heavy (non-hydrogen) atoms. The SMILES string of the molecule is C[C@@H]1CN([C@@H](C)CO)S(=O)(=O)c2ccc(C#CCN(C)C)cc2O[C@H]1CN(C)Cc1cccnc1. The van der Waals surface area contributed by atoms with E-state index in [1.807, 2.05) is 51.3 Å². The van der Waals surface area contributed by atoms with Crippen molar-refractivity contribution < 1.29 is 18.3 Å². The molecule has 3 rings (SSSR count). The standard InChI is InChI=1S/C26H36N4O4S/c1-20-16-30(21(2)19-31)35(32,33)26-11-10-22(9-7-13-28(3)4)14-24(26)34-25(20)18-29(5)17-23-8-6-12-27-15-23/h6,8,10-12,14-15,20-21,25,31H,13,16-19H2,1-5H3/t20-,21+,25+/m1/s1. The third kappa shape index (κ3) is 7.03. The van der Waals surface area contributed by atoms with Crippen molar-refractivity contribution in [1.29, 1.82) is 0 Å². The average Bonchev–Trinajstić information content (AvgIpc) is 2.81. The fraction of sp³-hybridized carbons (Fsp3) is 0.500. The maximum atomic E-state index is 13.6. The first-order valence-electron chi connectivity index (χ1n) is 11.8. The molecule has 0 fully saturated rings. The summed E-state index contributed by atoms with van der Waals surface area (Å²) < 4.78 is 35.0. The number of sulfonamides is 1. The summed E-state index contributed by atoms with van der Waals surface area (Å²) in [7, 11) is 2.02. The van der Waals surface area contributed by atoms with E-state index < -0.39 is 16.1 Å². The van der Waals surface area contributed by atoms with Gasteiger partial charge in [-0.3, -0.25) is 14.8 Å². The highest BCUT2D eigenvalue weighted by atomic mass is 32.2. The molecule has 9 heteroatoms. The van der Waals surface area contributed by atoms with Gasteiger partial charge in [0.15, 0.2) is 0 Å². The van der Waals surface area contributed by atoms with Crippen LogP contribution in [0, 0.1) is 17.8 Å². The third-order valence-corrected chi connectivity index (χ3v) is 7.98. The van der Waals surface area contributed by atoms with E-state index in [9.17, 15) is 13.5 Å². The molecule has 0 spiro atoms. The molecule has 0 saturated carbocycles. The zero-order valence-corrected chi connectivity index (χ0v) is 22.0. The Kier molecular flexibility index (Phi) is 9.27. The number of nitrogens with zero attached hydrogens (tertiary/aromatic N) is 4. The zero-order chi connectivity index (χ0) is 25.6. The van der Waals surface area contributed by atoms with E-state index in [0.29, 0.717) is 30.9 Å². The van der Waals surface area contributed by atoms with Gasteiger partial charge in [0.25, 0.3) is 0 Å². The number of hydrogen-bond acceptors (Lipinski definition) is 7. The van der Waals surface area contributed by atoms with Gasteiger partial charge in [-0.15, -0.1) is 0 Å². The minimum Gasteiger partial charge on any atom is -0.487 e. The summed E-state index contributed by atoms with van der Waals surface area (Å²) in [6.07, 6.45) is 3.31. The van der Waals surface area contributed by atoms with E-state index in [-0.39, 0.29) is 30.1 Å². The molecule has 0 unspecified atom stereocenters. The molecule has 1 aliphatic heterocycles. The molecule has 2 heterocycles. The summed E-state index contributed by atoms with van der Waals surface area (Å²) in [5.41, 5.74) is 1.78. The summed E-state index contributed by atoms with van der Waals surface area (Å²) >= 11 is 0. The number of benzene rings is 1. The Labute approximate surface area is 209 Å². The van der Waals surface area contributed by atoms with Crippen LogP contribution in [0.1, 0.15) is 25.0 Å². The Morgan fingerprint density at radius 2 is 2.06 bits per heavy atom. The third-order valence-electron chi connectivity index (χ3n) is 5.96. The van der Waals surface area contributed by atoms with Crippen LogP contribution < -0.4 is 4.74 Å². The number of aliphatic hydroxyl groups is 1.